The van der Waals surface area contributed by atoms with Gasteiger partial charge >= 0.3 is 11.9 Å². The third-order valence-electron chi connectivity index (χ3n) is 2.85. The van der Waals surface area contributed by atoms with Gasteiger partial charge in [-0.25, -0.2) is 4.79 Å². The number of hydrogen-bond donors (Lipinski definition) is 1. The topological polar surface area (TPSA) is 64.6 Å². The van der Waals surface area contributed by atoms with Crippen molar-refractivity contribution in [1.29, 1.82) is 0 Å². The average Bonchev–Trinajstić information content (AvgIpc) is 2.26. The van der Waals surface area contributed by atoms with Crippen LogP contribution in [0.2, 0.25) is 0 Å². The molecule has 1 unspecified atom stereocenters. The Morgan fingerprint density at radius 2 is 2.00 bits per heavy atom. The molecule has 0 aromatic heterocycles. The zero-order valence-corrected chi connectivity index (χ0v) is 9.99. The molecule has 0 amide bonds. The Labute approximate surface area is 94.8 Å². The molecule has 0 bridgehead atoms. The number of ether oxygens (including phenoxy) is 2. The van der Waals surface area contributed by atoms with Crippen molar-refractivity contribution in [3.8, 4) is 0 Å². The van der Waals surface area contributed by atoms with Gasteiger partial charge in [0, 0.05) is 11.7 Å². The van der Waals surface area contributed by atoms with Crippen LogP contribution in [0.5, 0.6) is 0 Å². The fourth-order valence-electron chi connectivity index (χ4n) is 1.70. The summed E-state index contributed by atoms with van der Waals surface area (Å²) in [6, 6.07) is 0. The van der Waals surface area contributed by atoms with Crippen LogP contribution in [-0.2, 0) is 19.1 Å². The number of carbonyl (C=O) groups excluding carboxylic acids is 2. The molecule has 1 N–H and O–H groups in total. The molecule has 1 heterocycles. The van der Waals surface area contributed by atoms with E-state index in [2.05, 4.69) is 10.1 Å². The van der Waals surface area contributed by atoms with Gasteiger partial charge in [0.1, 0.15) is 0 Å². The van der Waals surface area contributed by atoms with Gasteiger partial charge in [-0.2, -0.15) is 0 Å². The Morgan fingerprint density at radius 1 is 1.38 bits per heavy atom. The predicted molar refractivity (Wildman–Crippen MR) is 57.4 cm³/mol. The average molecular weight is 227 g/mol. The van der Waals surface area contributed by atoms with E-state index < -0.39 is 17.4 Å². The van der Waals surface area contributed by atoms with Gasteiger partial charge in [0.2, 0.25) is 0 Å². The summed E-state index contributed by atoms with van der Waals surface area (Å²) in [7, 11) is 2.66. The summed E-state index contributed by atoms with van der Waals surface area (Å²) < 4.78 is 9.35. The molecule has 0 radical (unpaired) electrons. The molecule has 0 saturated carbocycles. The van der Waals surface area contributed by atoms with Crippen molar-refractivity contribution in [1.82, 2.24) is 5.32 Å². The normalized spacial score (nSPS) is 22.8. The van der Waals surface area contributed by atoms with Gasteiger partial charge in [0.25, 0.3) is 0 Å². The first kappa shape index (κ1) is 12.5. The molecule has 5 heteroatoms. The van der Waals surface area contributed by atoms with Crippen molar-refractivity contribution < 1.29 is 19.1 Å². The van der Waals surface area contributed by atoms with E-state index in [1.165, 1.54) is 14.2 Å². The highest BCUT2D eigenvalue weighted by Gasteiger charge is 2.40. The minimum atomic E-state index is -0.426. The van der Waals surface area contributed by atoms with Crippen LogP contribution < -0.4 is 5.32 Å². The first-order valence-corrected chi connectivity index (χ1v) is 5.05. The highest BCUT2D eigenvalue weighted by molar-refractivity contribution is 5.90. The van der Waals surface area contributed by atoms with E-state index in [4.69, 9.17) is 4.74 Å². The number of methoxy groups -OCH3 is 2. The molecular formula is C11H17NO4. The van der Waals surface area contributed by atoms with Crippen LogP contribution in [0.15, 0.2) is 11.8 Å². The molecular weight excluding hydrogens is 210 g/mol. The minimum absolute atomic E-state index is 0.327. The number of carbonyl (C=O) groups is 2. The minimum Gasteiger partial charge on any atom is -0.469 e. The third kappa shape index (κ3) is 2.35. The van der Waals surface area contributed by atoms with Gasteiger partial charge in [-0.1, -0.05) is 0 Å². The predicted octanol–water partition coefficient (Wildman–Crippen LogP) is 0.604. The second-order valence-corrected chi connectivity index (χ2v) is 4.31. The summed E-state index contributed by atoms with van der Waals surface area (Å²) in [4.78, 5) is 22.9. The SMILES string of the molecule is COC(=O)C1=CNC(C)(C)C(C(=O)OC)C1. The molecule has 1 atom stereocenters. The Morgan fingerprint density at radius 3 is 2.50 bits per heavy atom. The summed E-state index contributed by atoms with van der Waals surface area (Å²) in [5.41, 5.74) is 0.0298. The first-order chi connectivity index (χ1) is 7.42. The molecule has 90 valence electrons. The van der Waals surface area contributed by atoms with E-state index in [0.29, 0.717) is 12.0 Å². The Balaban J connectivity index is 2.90. The fraction of sp³-hybridized carbons (Fsp3) is 0.636. The lowest BCUT2D eigenvalue weighted by atomic mass is 9.80. The van der Waals surface area contributed by atoms with Gasteiger partial charge in [-0.15, -0.1) is 0 Å². The van der Waals surface area contributed by atoms with Gasteiger partial charge in [0.15, 0.2) is 0 Å². The number of hydrogen-bond acceptors (Lipinski definition) is 5. The van der Waals surface area contributed by atoms with Gasteiger partial charge < -0.3 is 14.8 Å². The molecule has 1 aliphatic heterocycles. The smallest absolute Gasteiger partial charge is 0.335 e. The summed E-state index contributed by atoms with van der Waals surface area (Å²) in [5.74, 6) is -1.14. The number of esters is 2. The first-order valence-electron chi connectivity index (χ1n) is 5.05. The summed E-state index contributed by atoms with van der Waals surface area (Å²) in [6.45, 7) is 3.78. The van der Waals surface area contributed by atoms with Crippen molar-refractivity contribution in [2.75, 3.05) is 14.2 Å². The molecule has 0 spiro atoms. The summed E-state index contributed by atoms with van der Waals surface area (Å²) in [6.07, 6.45) is 1.94. The van der Waals surface area contributed by atoms with Crippen molar-refractivity contribution in [3.63, 3.8) is 0 Å². The summed E-state index contributed by atoms with van der Waals surface area (Å²) in [5, 5.41) is 3.03. The Hall–Kier alpha value is -1.52. The largest absolute Gasteiger partial charge is 0.469 e. The van der Waals surface area contributed by atoms with Crippen LogP contribution in [0.1, 0.15) is 20.3 Å². The van der Waals surface area contributed by atoms with Crippen molar-refractivity contribution in [3.05, 3.63) is 11.8 Å². The maximum atomic E-state index is 11.6. The molecule has 0 aromatic rings. The van der Waals surface area contributed by atoms with Crippen LogP contribution in [0.4, 0.5) is 0 Å². The monoisotopic (exact) mass is 227 g/mol. The van der Waals surface area contributed by atoms with Crippen LogP contribution in [-0.4, -0.2) is 31.7 Å². The van der Waals surface area contributed by atoms with Crippen LogP contribution >= 0.6 is 0 Å². The number of rotatable bonds is 2. The van der Waals surface area contributed by atoms with Gasteiger partial charge in [0.05, 0.1) is 25.7 Å². The van der Waals surface area contributed by atoms with Crippen molar-refractivity contribution in [2.24, 2.45) is 5.92 Å². The third-order valence-corrected chi connectivity index (χ3v) is 2.85. The number of nitrogens with one attached hydrogen (secondary N) is 1. The van der Waals surface area contributed by atoms with Crippen LogP contribution in [0.3, 0.4) is 0 Å². The van der Waals surface area contributed by atoms with E-state index in [1.54, 1.807) is 6.20 Å². The molecule has 0 aromatic carbocycles. The lowest BCUT2D eigenvalue weighted by molar-refractivity contribution is -0.148. The molecule has 16 heavy (non-hydrogen) atoms. The molecule has 0 fully saturated rings. The van der Waals surface area contributed by atoms with E-state index in [0.717, 1.165) is 0 Å². The van der Waals surface area contributed by atoms with E-state index >= 15 is 0 Å². The van der Waals surface area contributed by atoms with Gasteiger partial charge in [-0.3, -0.25) is 4.79 Å². The van der Waals surface area contributed by atoms with Crippen LogP contribution in [0.25, 0.3) is 0 Å². The lowest BCUT2D eigenvalue weighted by Crippen LogP contribution is -2.50. The molecule has 0 aliphatic carbocycles. The lowest BCUT2D eigenvalue weighted by Gasteiger charge is -2.36. The van der Waals surface area contributed by atoms with E-state index in [-0.39, 0.29) is 5.97 Å². The molecule has 1 rings (SSSR count). The van der Waals surface area contributed by atoms with Crippen LogP contribution in [0, 0.1) is 5.92 Å². The Kier molecular flexibility index (Phi) is 3.57. The van der Waals surface area contributed by atoms with Gasteiger partial charge in [-0.05, 0) is 20.3 Å². The quantitative estimate of drug-likeness (QED) is 0.700. The summed E-state index contributed by atoms with van der Waals surface area (Å²) >= 11 is 0. The maximum absolute atomic E-state index is 11.6. The van der Waals surface area contributed by atoms with E-state index in [1.807, 2.05) is 13.8 Å². The molecule has 5 nitrogen and oxygen atoms in total. The van der Waals surface area contributed by atoms with Crippen molar-refractivity contribution in [2.45, 2.75) is 25.8 Å². The second-order valence-electron chi connectivity index (χ2n) is 4.31. The highest BCUT2D eigenvalue weighted by atomic mass is 16.5. The zero-order chi connectivity index (χ0) is 12.3. The van der Waals surface area contributed by atoms with Crippen molar-refractivity contribution >= 4 is 11.9 Å². The Bertz CT molecular complexity index is 333. The highest BCUT2D eigenvalue weighted by Crippen LogP contribution is 2.29. The zero-order valence-electron chi connectivity index (χ0n) is 9.99. The fourth-order valence-corrected chi connectivity index (χ4v) is 1.70. The second kappa shape index (κ2) is 4.55. The maximum Gasteiger partial charge on any atom is 0.335 e. The van der Waals surface area contributed by atoms with E-state index in [9.17, 15) is 9.59 Å². The molecule has 1 aliphatic rings. The standard InChI is InChI=1S/C11H17NO4/c1-11(2)8(10(14)16-4)5-7(6-12-11)9(13)15-3/h6,8,12H,5H2,1-4H3. The molecule has 0 saturated heterocycles.